The standard InChI is InChI=1S/C20H27N7O/c1-15(2)19-25-18(28-26-19)9-11-22-20(21-3)23-13-16-7-4-5-8-17(16)14-27-12-6-10-24-27/h4-8,10,12,15H,9,11,13-14H2,1-3H3,(H2,21,22,23). The summed E-state index contributed by atoms with van der Waals surface area (Å²) in [6, 6.07) is 10.3. The van der Waals surface area contributed by atoms with Gasteiger partial charge < -0.3 is 15.2 Å². The minimum absolute atomic E-state index is 0.265. The number of rotatable bonds is 8. The molecule has 3 rings (SSSR count). The Hall–Kier alpha value is -3.16. The van der Waals surface area contributed by atoms with Crippen molar-refractivity contribution in [3.05, 3.63) is 65.6 Å². The van der Waals surface area contributed by atoms with Crippen LogP contribution in [-0.2, 0) is 19.5 Å². The van der Waals surface area contributed by atoms with E-state index in [1.54, 1.807) is 13.2 Å². The van der Waals surface area contributed by atoms with E-state index in [9.17, 15) is 0 Å². The molecular formula is C20H27N7O. The van der Waals surface area contributed by atoms with E-state index >= 15 is 0 Å². The zero-order valence-corrected chi connectivity index (χ0v) is 16.6. The van der Waals surface area contributed by atoms with Gasteiger partial charge in [-0.2, -0.15) is 10.1 Å². The Balaban J connectivity index is 1.50. The van der Waals surface area contributed by atoms with Crippen LogP contribution in [0.1, 0.15) is 42.6 Å². The zero-order valence-electron chi connectivity index (χ0n) is 16.6. The van der Waals surface area contributed by atoms with Crippen LogP contribution < -0.4 is 10.6 Å². The molecule has 8 nitrogen and oxygen atoms in total. The van der Waals surface area contributed by atoms with Crippen LogP contribution in [0.3, 0.4) is 0 Å². The Kier molecular flexibility index (Phi) is 6.78. The summed E-state index contributed by atoms with van der Waals surface area (Å²) in [5.41, 5.74) is 2.43. The Morgan fingerprint density at radius 1 is 1.18 bits per heavy atom. The maximum absolute atomic E-state index is 5.27. The lowest BCUT2D eigenvalue weighted by molar-refractivity contribution is 0.371. The van der Waals surface area contributed by atoms with E-state index in [-0.39, 0.29) is 5.92 Å². The second-order valence-electron chi connectivity index (χ2n) is 6.78. The number of hydrogen-bond acceptors (Lipinski definition) is 5. The maximum atomic E-state index is 5.27. The van der Waals surface area contributed by atoms with Gasteiger partial charge in [0.25, 0.3) is 0 Å². The third-order valence-corrected chi connectivity index (χ3v) is 4.31. The molecule has 3 aromatic rings. The molecule has 28 heavy (non-hydrogen) atoms. The van der Waals surface area contributed by atoms with Gasteiger partial charge in [-0.25, -0.2) is 0 Å². The first-order chi connectivity index (χ1) is 13.7. The predicted molar refractivity (Wildman–Crippen MR) is 108 cm³/mol. The average Bonchev–Trinajstić information content (AvgIpc) is 3.37. The molecule has 0 bridgehead atoms. The summed E-state index contributed by atoms with van der Waals surface area (Å²) in [5.74, 6) is 2.38. The highest BCUT2D eigenvalue weighted by atomic mass is 16.5. The SMILES string of the molecule is CN=C(NCCc1nc(C(C)C)no1)NCc1ccccc1Cn1cccn1. The summed E-state index contributed by atoms with van der Waals surface area (Å²) in [4.78, 5) is 8.67. The summed E-state index contributed by atoms with van der Waals surface area (Å²) in [7, 11) is 1.76. The largest absolute Gasteiger partial charge is 0.356 e. The van der Waals surface area contributed by atoms with E-state index in [2.05, 4.69) is 43.0 Å². The van der Waals surface area contributed by atoms with Crippen molar-refractivity contribution in [2.45, 2.75) is 39.3 Å². The lowest BCUT2D eigenvalue weighted by atomic mass is 10.1. The molecule has 2 heterocycles. The number of guanidine groups is 1. The first-order valence-corrected chi connectivity index (χ1v) is 9.47. The molecule has 0 aliphatic carbocycles. The second-order valence-corrected chi connectivity index (χ2v) is 6.78. The van der Waals surface area contributed by atoms with E-state index in [0.717, 1.165) is 18.3 Å². The molecule has 0 amide bonds. The van der Waals surface area contributed by atoms with Gasteiger partial charge in [-0.1, -0.05) is 43.3 Å². The van der Waals surface area contributed by atoms with Crippen LogP contribution in [0.5, 0.6) is 0 Å². The molecule has 8 heteroatoms. The average molecular weight is 381 g/mol. The Bertz CT molecular complexity index is 884. The highest BCUT2D eigenvalue weighted by Gasteiger charge is 2.10. The highest BCUT2D eigenvalue weighted by molar-refractivity contribution is 5.79. The number of nitrogens with one attached hydrogen (secondary N) is 2. The van der Waals surface area contributed by atoms with Crippen molar-refractivity contribution in [2.24, 2.45) is 4.99 Å². The molecule has 0 spiro atoms. The monoisotopic (exact) mass is 381 g/mol. The number of nitrogens with zero attached hydrogens (tertiary/aromatic N) is 5. The summed E-state index contributed by atoms with van der Waals surface area (Å²) in [5, 5.41) is 14.9. The third kappa shape index (κ3) is 5.42. The van der Waals surface area contributed by atoms with E-state index in [4.69, 9.17) is 4.52 Å². The van der Waals surface area contributed by atoms with Crippen LogP contribution in [0.2, 0.25) is 0 Å². The van der Waals surface area contributed by atoms with Gasteiger partial charge in [-0.15, -0.1) is 0 Å². The van der Waals surface area contributed by atoms with Crippen molar-refractivity contribution in [1.29, 1.82) is 0 Å². The lowest BCUT2D eigenvalue weighted by Gasteiger charge is -2.14. The molecule has 1 aromatic carbocycles. The molecule has 0 aliphatic rings. The number of aromatic nitrogens is 4. The fraction of sp³-hybridized carbons (Fsp3) is 0.400. The number of benzene rings is 1. The van der Waals surface area contributed by atoms with E-state index in [0.29, 0.717) is 25.4 Å². The third-order valence-electron chi connectivity index (χ3n) is 4.31. The molecule has 0 unspecified atom stereocenters. The first-order valence-electron chi connectivity index (χ1n) is 9.47. The number of aliphatic imine (C=N–C) groups is 1. The fourth-order valence-corrected chi connectivity index (χ4v) is 2.74. The summed E-state index contributed by atoms with van der Waals surface area (Å²) in [6.07, 6.45) is 4.41. The lowest BCUT2D eigenvalue weighted by Crippen LogP contribution is -2.38. The quantitative estimate of drug-likeness (QED) is 0.460. The van der Waals surface area contributed by atoms with Gasteiger partial charge >= 0.3 is 0 Å². The summed E-state index contributed by atoms with van der Waals surface area (Å²) >= 11 is 0. The van der Waals surface area contributed by atoms with Gasteiger partial charge in [0, 0.05) is 44.9 Å². The van der Waals surface area contributed by atoms with Gasteiger partial charge in [-0.3, -0.25) is 9.67 Å². The van der Waals surface area contributed by atoms with Crippen molar-refractivity contribution in [1.82, 2.24) is 30.6 Å². The van der Waals surface area contributed by atoms with Crippen LogP contribution in [0.4, 0.5) is 0 Å². The number of hydrogen-bond donors (Lipinski definition) is 2. The zero-order chi connectivity index (χ0) is 19.8. The summed E-state index contributed by atoms with van der Waals surface area (Å²) in [6.45, 7) is 6.17. The van der Waals surface area contributed by atoms with E-state index < -0.39 is 0 Å². The van der Waals surface area contributed by atoms with Gasteiger partial charge in [0.2, 0.25) is 5.89 Å². The van der Waals surface area contributed by atoms with Crippen LogP contribution >= 0.6 is 0 Å². The molecule has 0 atom stereocenters. The van der Waals surface area contributed by atoms with Gasteiger partial charge in [0.1, 0.15) is 0 Å². The van der Waals surface area contributed by atoms with Crippen molar-refractivity contribution in [3.63, 3.8) is 0 Å². The topological polar surface area (TPSA) is 93.2 Å². The van der Waals surface area contributed by atoms with Crippen LogP contribution in [0.15, 0.2) is 52.2 Å². The molecular weight excluding hydrogens is 354 g/mol. The molecule has 2 N–H and O–H groups in total. The van der Waals surface area contributed by atoms with Crippen LogP contribution in [0.25, 0.3) is 0 Å². The Morgan fingerprint density at radius 2 is 2.00 bits per heavy atom. The van der Waals surface area contributed by atoms with Crippen molar-refractivity contribution >= 4 is 5.96 Å². The Labute approximate surface area is 165 Å². The van der Waals surface area contributed by atoms with Gasteiger partial charge in [0.05, 0.1) is 6.54 Å². The van der Waals surface area contributed by atoms with Gasteiger partial charge in [0.15, 0.2) is 11.8 Å². The fourth-order valence-electron chi connectivity index (χ4n) is 2.74. The molecule has 0 saturated carbocycles. The van der Waals surface area contributed by atoms with E-state index in [1.165, 1.54) is 11.1 Å². The second kappa shape index (κ2) is 9.68. The molecule has 148 valence electrons. The van der Waals surface area contributed by atoms with Gasteiger partial charge in [-0.05, 0) is 17.2 Å². The highest BCUT2D eigenvalue weighted by Crippen LogP contribution is 2.11. The molecule has 0 radical (unpaired) electrons. The van der Waals surface area contributed by atoms with Crippen molar-refractivity contribution in [3.8, 4) is 0 Å². The molecule has 0 aliphatic heterocycles. The minimum Gasteiger partial charge on any atom is -0.356 e. The molecule has 0 saturated heterocycles. The first kappa shape index (κ1) is 19.6. The Morgan fingerprint density at radius 3 is 2.68 bits per heavy atom. The van der Waals surface area contributed by atoms with Crippen LogP contribution in [-0.4, -0.2) is 39.5 Å². The normalized spacial score (nSPS) is 11.8. The maximum Gasteiger partial charge on any atom is 0.228 e. The minimum atomic E-state index is 0.265. The predicted octanol–water partition coefficient (Wildman–Crippen LogP) is 2.35. The van der Waals surface area contributed by atoms with Crippen molar-refractivity contribution in [2.75, 3.05) is 13.6 Å². The van der Waals surface area contributed by atoms with Crippen LogP contribution in [0, 0.1) is 0 Å². The molecule has 2 aromatic heterocycles. The van der Waals surface area contributed by atoms with Crippen molar-refractivity contribution < 1.29 is 4.52 Å². The molecule has 0 fully saturated rings. The summed E-state index contributed by atoms with van der Waals surface area (Å²) < 4.78 is 7.19. The smallest absolute Gasteiger partial charge is 0.228 e. The van der Waals surface area contributed by atoms with E-state index in [1.807, 2.05) is 42.9 Å².